The summed E-state index contributed by atoms with van der Waals surface area (Å²) in [6, 6.07) is 6.44. The average Bonchev–Trinajstić information content (AvgIpc) is 2.85. The smallest absolute Gasteiger partial charge is 0.175 e. The number of rotatable bonds is 2. The van der Waals surface area contributed by atoms with Gasteiger partial charge in [-0.3, -0.25) is 0 Å². The van der Waals surface area contributed by atoms with Gasteiger partial charge in [-0.1, -0.05) is 23.2 Å². The first-order valence-corrected chi connectivity index (χ1v) is 6.98. The van der Waals surface area contributed by atoms with Gasteiger partial charge in [-0.2, -0.15) is 4.37 Å². The van der Waals surface area contributed by atoms with E-state index in [9.17, 15) is 5.11 Å². The second-order valence-electron chi connectivity index (χ2n) is 3.82. The van der Waals surface area contributed by atoms with Gasteiger partial charge in [0.1, 0.15) is 11.4 Å². The molecule has 0 amide bonds. The van der Waals surface area contributed by atoms with E-state index in [1.807, 2.05) is 6.07 Å². The van der Waals surface area contributed by atoms with Crippen LogP contribution in [0, 0.1) is 0 Å². The Morgan fingerprint density at radius 2 is 2.00 bits per heavy atom. The zero-order valence-electron chi connectivity index (χ0n) is 9.79. The van der Waals surface area contributed by atoms with Crippen LogP contribution < -0.4 is 0 Å². The van der Waals surface area contributed by atoms with Crippen molar-refractivity contribution in [2.24, 2.45) is 10.2 Å². The molecule has 0 spiro atoms. The standard InChI is InChI=1S/C12H6Cl2N4OS/c13-7-5-10(19)8(14)4-9(7)16-17-12-6-2-1-3-15-11(6)18-20-12/h1-5,19H/b17-16+. The minimum absolute atomic E-state index is 0.0944. The summed E-state index contributed by atoms with van der Waals surface area (Å²) in [5, 5.41) is 19.5. The molecule has 0 aliphatic rings. The van der Waals surface area contributed by atoms with Crippen molar-refractivity contribution >= 4 is 56.5 Å². The first-order chi connectivity index (χ1) is 9.65. The number of hydrogen-bond acceptors (Lipinski definition) is 6. The molecule has 5 nitrogen and oxygen atoms in total. The third kappa shape index (κ3) is 2.45. The number of phenolic OH excluding ortho intramolecular Hbond substituents is 1. The van der Waals surface area contributed by atoms with Crippen LogP contribution in [0.3, 0.4) is 0 Å². The van der Waals surface area contributed by atoms with E-state index in [2.05, 4.69) is 19.6 Å². The van der Waals surface area contributed by atoms with Crippen molar-refractivity contribution in [3.05, 3.63) is 40.5 Å². The van der Waals surface area contributed by atoms with Gasteiger partial charge in [-0.25, -0.2) is 4.98 Å². The number of halogens is 2. The summed E-state index contributed by atoms with van der Waals surface area (Å²) in [5.41, 5.74) is 1.00. The van der Waals surface area contributed by atoms with E-state index in [-0.39, 0.29) is 15.8 Å². The van der Waals surface area contributed by atoms with Gasteiger partial charge in [-0.05, 0) is 29.7 Å². The summed E-state index contributed by atoms with van der Waals surface area (Å²) in [7, 11) is 0. The first kappa shape index (κ1) is 13.2. The van der Waals surface area contributed by atoms with E-state index < -0.39 is 0 Å². The largest absolute Gasteiger partial charge is 0.506 e. The van der Waals surface area contributed by atoms with Crippen molar-refractivity contribution in [1.29, 1.82) is 0 Å². The molecule has 1 N–H and O–H groups in total. The molecule has 0 saturated heterocycles. The van der Waals surface area contributed by atoms with Crippen molar-refractivity contribution in [3.63, 3.8) is 0 Å². The highest BCUT2D eigenvalue weighted by Gasteiger charge is 2.08. The van der Waals surface area contributed by atoms with Gasteiger partial charge in [0.05, 0.1) is 15.4 Å². The summed E-state index contributed by atoms with van der Waals surface area (Å²) in [4.78, 5) is 4.12. The van der Waals surface area contributed by atoms with Gasteiger partial charge in [0.15, 0.2) is 10.6 Å². The maximum atomic E-state index is 9.41. The Morgan fingerprint density at radius 1 is 1.15 bits per heavy atom. The van der Waals surface area contributed by atoms with Gasteiger partial charge >= 0.3 is 0 Å². The molecule has 1 aromatic carbocycles. The van der Waals surface area contributed by atoms with Crippen molar-refractivity contribution in [2.45, 2.75) is 0 Å². The number of phenols is 1. The predicted molar refractivity (Wildman–Crippen MR) is 79.7 cm³/mol. The minimum Gasteiger partial charge on any atom is -0.506 e. The number of pyridine rings is 1. The van der Waals surface area contributed by atoms with E-state index in [1.165, 1.54) is 23.7 Å². The Kier molecular flexibility index (Phi) is 3.52. The fourth-order valence-corrected chi connectivity index (χ4v) is 2.55. The van der Waals surface area contributed by atoms with Crippen LogP contribution in [-0.2, 0) is 0 Å². The van der Waals surface area contributed by atoms with Crippen molar-refractivity contribution < 1.29 is 5.11 Å². The van der Waals surface area contributed by atoms with Crippen molar-refractivity contribution in [3.8, 4) is 5.75 Å². The number of benzene rings is 1. The topological polar surface area (TPSA) is 70.7 Å². The Balaban J connectivity index is 2.00. The van der Waals surface area contributed by atoms with Gasteiger partial charge < -0.3 is 5.11 Å². The molecule has 2 aromatic heterocycles. The fraction of sp³-hybridized carbons (Fsp3) is 0. The summed E-state index contributed by atoms with van der Waals surface area (Å²) < 4.78 is 4.16. The molecule has 0 radical (unpaired) electrons. The van der Waals surface area contributed by atoms with Crippen LogP contribution in [0.4, 0.5) is 10.7 Å². The molecule has 2 heterocycles. The van der Waals surface area contributed by atoms with Crippen LogP contribution in [0.1, 0.15) is 0 Å². The van der Waals surface area contributed by atoms with E-state index >= 15 is 0 Å². The molecule has 100 valence electrons. The lowest BCUT2D eigenvalue weighted by Gasteiger charge is -2.00. The van der Waals surface area contributed by atoms with Crippen molar-refractivity contribution in [2.75, 3.05) is 0 Å². The Bertz CT molecular complexity index is 818. The first-order valence-electron chi connectivity index (χ1n) is 5.45. The molecule has 0 atom stereocenters. The second kappa shape index (κ2) is 5.32. The molecular formula is C12H6Cl2N4OS. The lowest BCUT2D eigenvalue weighted by molar-refractivity contribution is 0.475. The van der Waals surface area contributed by atoms with E-state index in [0.29, 0.717) is 16.3 Å². The maximum absolute atomic E-state index is 9.41. The quantitative estimate of drug-likeness (QED) is 0.665. The number of hydrogen-bond donors (Lipinski definition) is 1. The number of azo groups is 1. The zero-order chi connectivity index (χ0) is 14.1. The number of nitrogens with zero attached hydrogens (tertiary/aromatic N) is 4. The van der Waals surface area contributed by atoms with Crippen LogP contribution >= 0.6 is 34.7 Å². The van der Waals surface area contributed by atoms with Crippen LogP contribution in [0.5, 0.6) is 5.75 Å². The van der Waals surface area contributed by atoms with Crippen molar-refractivity contribution in [1.82, 2.24) is 9.36 Å². The minimum atomic E-state index is -0.0944. The lowest BCUT2D eigenvalue weighted by atomic mass is 10.3. The molecule has 0 unspecified atom stereocenters. The SMILES string of the molecule is Oc1cc(Cl)c(/N=N/c2snc3ncccc23)cc1Cl. The highest BCUT2D eigenvalue weighted by atomic mass is 35.5. The van der Waals surface area contributed by atoms with Gasteiger partial charge in [0.25, 0.3) is 0 Å². The molecule has 0 aliphatic carbocycles. The van der Waals surface area contributed by atoms with Crippen LogP contribution in [0.25, 0.3) is 11.0 Å². The summed E-state index contributed by atoms with van der Waals surface area (Å²) >= 11 is 13.0. The highest BCUT2D eigenvalue weighted by molar-refractivity contribution is 7.11. The predicted octanol–water partition coefficient (Wildman–Crippen LogP) is 5.12. The fourth-order valence-electron chi connectivity index (χ4n) is 1.55. The summed E-state index contributed by atoms with van der Waals surface area (Å²) in [5.74, 6) is -0.0944. The zero-order valence-corrected chi connectivity index (χ0v) is 12.1. The average molecular weight is 325 g/mol. The molecule has 0 saturated carbocycles. The molecule has 0 fully saturated rings. The van der Waals surface area contributed by atoms with E-state index in [4.69, 9.17) is 23.2 Å². The highest BCUT2D eigenvalue weighted by Crippen LogP contribution is 2.37. The third-order valence-corrected chi connectivity index (χ3v) is 3.84. The Morgan fingerprint density at radius 3 is 2.85 bits per heavy atom. The summed E-state index contributed by atoms with van der Waals surface area (Å²) in [6.07, 6.45) is 1.67. The maximum Gasteiger partial charge on any atom is 0.175 e. The van der Waals surface area contributed by atoms with Gasteiger partial charge in [0, 0.05) is 12.3 Å². The molecule has 8 heteroatoms. The van der Waals surface area contributed by atoms with Gasteiger partial charge in [-0.15, -0.1) is 10.2 Å². The van der Waals surface area contributed by atoms with Crippen LogP contribution in [0.15, 0.2) is 40.7 Å². The van der Waals surface area contributed by atoms with Crippen LogP contribution in [0.2, 0.25) is 10.0 Å². The number of aromatic hydroxyl groups is 1. The monoisotopic (exact) mass is 324 g/mol. The summed E-state index contributed by atoms with van der Waals surface area (Å²) in [6.45, 7) is 0. The molecule has 0 aliphatic heterocycles. The number of fused-ring (bicyclic) bond motifs is 1. The van der Waals surface area contributed by atoms with E-state index in [1.54, 1.807) is 12.3 Å². The second-order valence-corrected chi connectivity index (χ2v) is 5.38. The molecule has 20 heavy (non-hydrogen) atoms. The van der Waals surface area contributed by atoms with E-state index in [0.717, 1.165) is 5.39 Å². The van der Waals surface area contributed by atoms with Crippen LogP contribution in [-0.4, -0.2) is 14.5 Å². The number of aromatic nitrogens is 2. The molecule has 3 aromatic rings. The molecular weight excluding hydrogens is 319 g/mol. The molecule has 0 bridgehead atoms. The lowest BCUT2D eigenvalue weighted by Crippen LogP contribution is -1.72. The molecule has 3 rings (SSSR count). The Labute approximate surface area is 127 Å². The Hall–Kier alpha value is -1.76. The third-order valence-electron chi connectivity index (χ3n) is 2.50. The van der Waals surface area contributed by atoms with Gasteiger partial charge in [0.2, 0.25) is 0 Å². The normalized spacial score (nSPS) is 11.5.